The Morgan fingerprint density at radius 1 is 0.645 bits per heavy atom. The van der Waals surface area contributed by atoms with Crippen molar-refractivity contribution in [2.45, 2.75) is 0 Å². The van der Waals surface area contributed by atoms with Gasteiger partial charge >= 0.3 is 17.1 Å². The first-order valence-electron chi connectivity index (χ1n) is 8.82. The van der Waals surface area contributed by atoms with Crippen LogP contribution in [0.25, 0.3) is 0 Å². The number of nitrogens with one attached hydrogen (secondary N) is 2. The van der Waals surface area contributed by atoms with Crippen LogP contribution in [0.4, 0.5) is 0 Å². The molecule has 0 aliphatic heterocycles. The molecule has 2 aromatic carbocycles. The Morgan fingerprint density at radius 3 is 1.23 bits per heavy atom. The van der Waals surface area contributed by atoms with Crippen LogP contribution in [-0.2, 0) is 42.3 Å². The van der Waals surface area contributed by atoms with Crippen molar-refractivity contribution in [3.63, 3.8) is 0 Å². The van der Waals surface area contributed by atoms with Crippen molar-refractivity contribution < 1.29 is 26.5 Å². The fraction of sp³-hybridized carbons (Fsp3) is 0.200. The Kier molecular flexibility index (Phi) is 11.5. The van der Waals surface area contributed by atoms with Crippen LogP contribution in [0, 0.1) is 0 Å². The zero-order valence-electron chi connectivity index (χ0n) is 17.3. The monoisotopic (exact) mass is 505 g/mol. The number of ether oxygens (including phenoxy) is 2. The molecule has 0 bridgehead atoms. The van der Waals surface area contributed by atoms with E-state index < -0.39 is 0 Å². The number of hydrogen-bond donors (Lipinski definition) is 2. The summed E-state index contributed by atoms with van der Waals surface area (Å²) in [6, 6.07) is 14.7. The average Bonchev–Trinajstić information content (AvgIpc) is 2.80. The van der Waals surface area contributed by atoms with Crippen molar-refractivity contribution in [3.8, 4) is 11.5 Å². The second-order valence-electron chi connectivity index (χ2n) is 5.66. The van der Waals surface area contributed by atoms with E-state index in [2.05, 4.69) is 31.0 Å². The average molecular weight is 506 g/mol. The van der Waals surface area contributed by atoms with Gasteiger partial charge in [-0.3, -0.25) is 0 Å². The Hall–Kier alpha value is -2.72. The summed E-state index contributed by atoms with van der Waals surface area (Å²) in [7, 11) is 6.56. The van der Waals surface area contributed by atoms with Gasteiger partial charge in [-0.05, 0) is 58.9 Å². The summed E-state index contributed by atoms with van der Waals surface area (Å²) in [5.74, 6) is 1.43. The van der Waals surface area contributed by atoms with Crippen molar-refractivity contribution in [1.29, 1.82) is 0 Å². The van der Waals surface area contributed by atoms with Gasteiger partial charge < -0.3 is 45.4 Å². The molecular weight excluding hydrogens is 484 g/mol. The molecule has 2 aromatic rings. The number of amidine groups is 2. The summed E-state index contributed by atoms with van der Waals surface area (Å²) >= 11 is 10.2. The van der Waals surface area contributed by atoms with Crippen LogP contribution >= 0.6 is 0 Å². The van der Waals surface area contributed by atoms with Crippen molar-refractivity contribution in [1.82, 2.24) is 10.6 Å². The molecule has 2 N–H and O–H groups in total. The third-order valence-corrected chi connectivity index (χ3v) is 4.43. The van der Waals surface area contributed by atoms with Crippen LogP contribution < -0.4 is 20.1 Å². The molecule has 167 valence electrons. The predicted octanol–water partition coefficient (Wildman–Crippen LogP) is 2.05. The van der Waals surface area contributed by atoms with Gasteiger partial charge in [0.25, 0.3) is 0 Å². The molecule has 0 atom stereocenters. The molecule has 0 aliphatic carbocycles. The van der Waals surface area contributed by atoms with Crippen LogP contribution in [0.1, 0.15) is 11.1 Å². The summed E-state index contributed by atoms with van der Waals surface area (Å²) in [5, 5.41) is 22.9. The van der Waals surface area contributed by atoms with Crippen LogP contribution in [0.2, 0.25) is 0 Å². The number of methoxy groups -OCH3 is 2. The molecule has 0 unspecified atom stereocenters. The first-order valence-corrected chi connectivity index (χ1v) is 9.64. The second kappa shape index (κ2) is 13.6. The van der Waals surface area contributed by atoms with Gasteiger partial charge in [0.05, 0.1) is 14.2 Å². The number of hydrogen-bond acceptors (Lipinski definition) is 8. The maximum atomic E-state index is 5.25. The Labute approximate surface area is 203 Å². The van der Waals surface area contributed by atoms with Gasteiger partial charge in [-0.2, -0.15) is 10.2 Å². The van der Waals surface area contributed by atoms with Crippen LogP contribution in [-0.4, -0.2) is 50.1 Å². The zero-order chi connectivity index (χ0) is 21.9. The van der Waals surface area contributed by atoms with Crippen molar-refractivity contribution in [2.75, 3.05) is 28.3 Å². The van der Waals surface area contributed by atoms with Gasteiger partial charge in [-0.1, -0.05) is 0 Å². The minimum Gasteiger partial charge on any atom is -0.741 e. The summed E-state index contributed by atoms with van der Waals surface area (Å²) in [4.78, 5) is 0. The topological polar surface area (TPSA) is 92.0 Å². The molecule has 0 saturated carbocycles. The van der Waals surface area contributed by atoms with Gasteiger partial charge in [-0.25, -0.2) is 0 Å². The SMILES string of the molecule is CN/C([S-])=N/N=C(/C(=N/N=C(\[S-])NC)c1ccc(OC)cc1)c1ccc(OC)cc1.[Cu+2]. The van der Waals surface area contributed by atoms with Crippen molar-refractivity contribution in [2.24, 2.45) is 20.4 Å². The van der Waals surface area contributed by atoms with E-state index in [0.717, 1.165) is 11.1 Å². The summed E-state index contributed by atoms with van der Waals surface area (Å²) < 4.78 is 10.5. The molecule has 31 heavy (non-hydrogen) atoms. The third-order valence-electron chi connectivity index (χ3n) is 3.86. The van der Waals surface area contributed by atoms with Crippen molar-refractivity contribution >= 4 is 47.0 Å². The van der Waals surface area contributed by atoms with Gasteiger partial charge in [0, 0.05) is 25.2 Å². The smallest absolute Gasteiger partial charge is 0.741 e. The fourth-order valence-electron chi connectivity index (χ4n) is 2.27. The van der Waals surface area contributed by atoms with E-state index in [1.54, 1.807) is 28.3 Å². The van der Waals surface area contributed by atoms with Crippen molar-refractivity contribution in [3.05, 3.63) is 59.7 Å². The van der Waals surface area contributed by atoms with Gasteiger partial charge in [0.2, 0.25) is 0 Å². The second-order valence-corrected chi connectivity index (χ2v) is 6.44. The molecule has 0 heterocycles. The summed E-state index contributed by atoms with van der Waals surface area (Å²) in [6.45, 7) is 0. The van der Waals surface area contributed by atoms with E-state index in [9.17, 15) is 0 Å². The van der Waals surface area contributed by atoms with Gasteiger partial charge in [-0.15, -0.1) is 10.2 Å². The van der Waals surface area contributed by atoms with Crippen LogP contribution in [0.5, 0.6) is 11.5 Å². The number of rotatable bonds is 7. The van der Waals surface area contributed by atoms with E-state index in [1.165, 1.54) is 0 Å². The third kappa shape index (κ3) is 7.80. The first kappa shape index (κ1) is 26.3. The summed E-state index contributed by atoms with van der Waals surface area (Å²) in [5.41, 5.74) is 2.42. The molecule has 1 radical (unpaired) electrons. The van der Waals surface area contributed by atoms with E-state index in [-0.39, 0.29) is 27.4 Å². The minimum atomic E-state index is 0. The Morgan fingerprint density at radius 2 is 0.968 bits per heavy atom. The minimum absolute atomic E-state index is 0. The molecule has 8 nitrogen and oxygen atoms in total. The van der Waals surface area contributed by atoms with Gasteiger partial charge in [0.1, 0.15) is 22.9 Å². The van der Waals surface area contributed by atoms with Gasteiger partial charge in [0.15, 0.2) is 0 Å². The first-order chi connectivity index (χ1) is 14.5. The zero-order valence-corrected chi connectivity index (χ0v) is 19.9. The Bertz CT molecular complexity index is 881. The molecule has 11 heteroatoms. The van der Waals surface area contributed by atoms with E-state index in [1.807, 2.05) is 48.5 Å². The fourth-order valence-corrected chi connectivity index (χ4v) is 2.35. The predicted molar refractivity (Wildman–Crippen MR) is 127 cm³/mol. The maximum absolute atomic E-state index is 5.25. The Balaban J connectivity index is 0.00000480. The standard InChI is InChI=1S/C20H24N6O2S2.Cu/c1-21-19(29)25-23-17(13-5-9-15(27-3)10-6-13)18(24-26-20(30)22-2)14-7-11-16(28-4)12-8-14;/h5-12H,1-4H3,(H2,21,25,29)(H2,22,26,30);/q;+2/p-2/b23-17+,24-18+;. The molecule has 0 fully saturated rings. The number of benzene rings is 2. The molecule has 2 rings (SSSR count). The van der Waals surface area contributed by atoms with E-state index in [0.29, 0.717) is 22.9 Å². The molecule has 0 amide bonds. The quantitative estimate of drug-likeness (QED) is 0.197. The summed E-state index contributed by atoms with van der Waals surface area (Å²) in [6.07, 6.45) is 0. The molecule has 0 spiro atoms. The van der Waals surface area contributed by atoms with E-state index in [4.69, 9.17) is 34.7 Å². The maximum Gasteiger partial charge on any atom is 2.00 e. The van der Waals surface area contributed by atoms with E-state index >= 15 is 0 Å². The molecule has 0 aliphatic rings. The van der Waals surface area contributed by atoms with Crippen LogP contribution in [0.3, 0.4) is 0 Å². The largest absolute Gasteiger partial charge is 2.00 e. The van der Waals surface area contributed by atoms with Crippen LogP contribution in [0.15, 0.2) is 68.9 Å². The molecule has 0 saturated heterocycles. The normalized spacial score (nSPS) is 12.6. The molecular formula is C20H22CuN6O2S2. The molecule has 0 aromatic heterocycles. The number of nitrogens with zero attached hydrogens (tertiary/aromatic N) is 4.